The maximum atomic E-state index is 3.73. The fraction of sp³-hybridized carbons (Fsp3) is 1.00. The molecular weight excluding hydrogens is 204 g/mol. The molecule has 0 radical (unpaired) electrons. The molecule has 2 aliphatic rings. The summed E-state index contributed by atoms with van der Waals surface area (Å²) in [5, 5.41) is 3.73. The van der Waals surface area contributed by atoms with E-state index >= 15 is 0 Å². The SMILES string of the molecule is CCSCCN1CCNC(C)(C2CC2)C1. The van der Waals surface area contributed by atoms with Crippen LogP contribution in [0, 0.1) is 5.92 Å². The van der Waals surface area contributed by atoms with Gasteiger partial charge in [-0.1, -0.05) is 6.92 Å². The fourth-order valence-corrected chi connectivity index (χ4v) is 3.30. The number of nitrogens with one attached hydrogen (secondary N) is 1. The zero-order chi connectivity index (χ0) is 10.7. The lowest BCUT2D eigenvalue weighted by molar-refractivity contribution is 0.133. The summed E-state index contributed by atoms with van der Waals surface area (Å²) in [6.45, 7) is 9.64. The van der Waals surface area contributed by atoms with Gasteiger partial charge >= 0.3 is 0 Å². The summed E-state index contributed by atoms with van der Waals surface area (Å²) in [4.78, 5) is 2.65. The van der Waals surface area contributed by atoms with Crippen LogP contribution < -0.4 is 5.32 Å². The molecule has 1 heterocycles. The fourth-order valence-electron chi connectivity index (χ4n) is 2.62. The van der Waals surface area contributed by atoms with E-state index in [-0.39, 0.29) is 0 Å². The Hall–Kier alpha value is 0.270. The smallest absolute Gasteiger partial charge is 0.0309 e. The summed E-state index contributed by atoms with van der Waals surface area (Å²) in [5.41, 5.74) is 0.426. The number of thioether (sulfide) groups is 1. The molecule has 3 heteroatoms. The molecule has 1 saturated heterocycles. The molecule has 1 atom stereocenters. The van der Waals surface area contributed by atoms with Crippen LogP contribution in [0.15, 0.2) is 0 Å². The molecule has 0 spiro atoms. The van der Waals surface area contributed by atoms with Gasteiger partial charge in [0.2, 0.25) is 0 Å². The van der Waals surface area contributed by atoms with Crippen molar-refractivity contribution in [1.82, 2.24) is 10.2 Å². The number of hydrogen-bond donors (Lipinski definition) is 1. The van der Waals surface area contributed by atoms with Gasteiger partial charge in [0.25, 0.3) is 0 Å². The Morgan fingerprint density at radius 1 is 1.47 bits per heavy atom. The highest BCUT2D eigenvalue weighted by Gasteiger charge is 2.43. The maximum absolute atomic E-state index is 3.73. The molecule has 0 amide bonds. The van der Waals surface area contributed by atoms with Gasteiger partial charge < -0.3 is 5.32 Å². The van der Waals surface area contributed by atoms with Gasteiger partial charge in [-0.05, 0) is 31.4 Å². The number of hydrogen-bond acceptors (Lipinski definition) is 3. The molecular formula is C12H24N2S. The van der Waals surface area contributed by atoms with Gasteiger partial charge in [0.15, 0.2) is 0 Å². The molecule has 0 aromatic heterocycles. The lowest BCUT2D eigenvalue weighted by Crippen LogP contribution is -2.60. The summed E-state index contributed by atoms with van der Waals surface area (Å²) >= 11 is 2.06. The Morgan fingerprint density at radius 3 is 2.93 bits per heavy atom. The second-order valence-corrected chi connectivity index (χ2v) is 6.49. The van der Waals surface area contributed by atoms with Gasteiger partial charge in [-0.2, -0.15) is 11.8 Å². The Labute approximate surface area is 98.2 Å². The Kier molecular flexibility index (Phi) is 3.97. The highest BCUT2D eigenvalue weighted by atomic mass is 32.2. The Balaban J connectivity index is 1.76. The second-order valence-electron chi connectivity index (χ2n) is 5.09. The summed E-state index contributed by atoms with van der Waals surface area (Å²) in [6.07, 6.45) is 2.89. The third kappa shape index (κ3) is 3.11. The van der Waals surface area contributed by atoms with E-state index < -0.39 is 0 Å². The zero-order valence-electron chi connectivity index (χ0n) is 10.1. The molecule has 2 nitrogen and oxygen atoms in total. The minimum atomic E-state index is 0.426. The van der Waals surface area contributed by atoms with Crippen LogP contribution in [0.4, 0.5) is 0 Å². The topological polar surface area (TPSA) is 15.3 Å². The second kappa shape index (κ2) is 5.07. The summed E-state index contributed by atoms with van der Waals surface area (Å²) in [7, 11) is 0. The molecule has 88 valence electrons. The van der Waals surface area contributed by atoms with Crippen LogP contribution in [-0.2, 0) is 0 Å². The first-order chi connectivity index (χ1) is 7.24. The first kappa shape index (κ1) is 11.7. The Bertz CT molecular complexity index is 206. The van der Waals surface area contributed by atoms with Crippen LogP contribution in [0.25, 0.3) is 0 Å². The van der Waals surface area contributed by atoms with E-state index in [4.69, 9.17) is 0 Å². The summed E-state index contributed by atoms with van der Waals surface area (Å²) in [5.74, 6) is 3.52. The van der Waals surface area contributed by atoms with Crippen LogP contribution in [0.2, 0.25) is 0 Å². The molecule has 0 aromatic rings. The van der Waals surface area contributed by atoms with Crippen molar-refractivity contribution in [2.75, 3.05) is 37.7 Å². The zero-order valence-corrected chi connectivity index (χ0v) is 10.9. The number of nitrogens with zero attached hydrogens (tertiary/aromatic N) is 1. The predicted molar refractivity (Wildman–Crippen MR) is 68.6 cm³/mol. The molecule has 1 unspecified atom stereocenters. The molecule has 2 rings (SSSR count). The normalized spacial score (nSPS) is 33.2. The van der Waals surface area contributed by atoms with Crippen molar-refractivity contribution in [3.05, 3.63) is 0 Å². The average Bonchev–Trinajstić information content (AvgIpc) is 3.02. The van der Waals surface area contributed by atoms with Crippen LogP contribution in [0.1, 0.15) is 26.7 Å². The molecule has 0 aromatic carbocycles. The maximum Gasteiger partial charge on any atom is 0.0309 e. The van der Waals surface area contributed by atoms with Crippen LogP contribution in [0.5, 0.6) is 0 Å². The van der Waals surface area contributed by atoms with Crippen molar-refractivity contribution in [3.63, 3.8) is 0 Å². The van der Waals surface area contributed by atoms with Gasteiger partial charge in [0.05, 0.1) is 0 Å². The molecule has 1 N–H and O–H groups in total. The van der Waals surface area contributed by atoms with E-state index in [0.29, 0.717) is 5.54 Å². The number of piperazine rings is 1. The molecule has 0 bridgehead atoms. The lowest BCUT2D eigenvalue weighted by Gasteiger charge is -2.42. The van der Waals surface area contributed by atoms with Crippen LogP contribution in [0.3, 0.4) is 0 Å². The van der Waals surface area contributed by atoms with Crippen molar-refractivity contribution < 1.29 is 0 Å². The first-order valence-corrected chi connectivity index (χ1v) is 7.45. The van der Waals surface area contributed by atoms with E-state index in [2.05, 4.69) is 35.8 Å². The molecule has 1 saturated carbocycles. The van der Waals surface area contributed by atoms with Gasteiger partial charge in [0, 0.05) is 37.5 Å². The summed E-state index contributed by atoms with van der Waals surface area (Å²) < 4.78 is 0. The van der Waals surface area contributed by atoms with Crippen molar-refractivity contribution in [2.24, 2.45) is 5.92 Å². The van der Waals surface area contributed by atoms with Gasteiger partial charge in [-0.25, -0.2) is 0 Å². The highest BCUT2D eigenvalue weighted by molar-refractivity contribution is 7.99. The first-order valence-electron chi connectivity index (χ1n) is 6.30. The standard InChI is InChI=1S/C12H24N2S/c1-3-15-9-8-14-7-6-13-12(2,10-14)11-4-5-11/h11,13H,3-10H2,1-2H3. The molecule has 15 heavy (non-hydrogen) atoms. The third-order valence-electron chi connectivity index (χ3n) is 3.74. The van der Waals surface area contributed by atoms with E-state index in [0.717, 1.165) is 5.92 Å². The minimum absolute atomic E-state index is 0.426. The van der Waals surface area contributed by atoms with Crippen LogP contribution in [-0.4, -0.2) is 48.1 Å². The molecule has 2 fully saturated rings. The predicted octanol–water partition coefficient (Wildman–Crippen LogP) is 1.81. The Morgan fingerprint density at radius 2 is 2.27 bits per heavy atom. The van der Waals surface area contributed by atoms with Gasteiger partial charge in [-0.15, -0.1) is 0 Å². The highest BCUT2D eigenvalue weighted by Crippen LogP contribution is 2.40. The van der Waals surface area contributed by atoms with Crippen molar-refractivity contribution in [3.8, 4) is 0 Å². The lowest BCUT2D eigenvalue weighted by atomic mass is 9.93. The largest absolute Gasteiger partial charge is 0.309 e. The van der Waals surface area contributed by atoms with Crippen molar-refractivity contribution in [2.45, 2.75) is 32.2 Å². The van der Waals surface area contributed by atoms with E-state index in [1.807, 2.05) is 0 Å². The summed E-state index contributed by atoms with van der Waals surface area (Å²) in [6, 6.07) is 0. The van der Waals surface area contributed by atoms with Gasteiger partial charge in [-0.3, -0.25) is 4.90 Å². The van der Waals surface area contributed by atoms with Crippen LogP contribution >= 0.6 is 11.8 Å². The quantitative estimate of drug-likeness (QED) is 0.723. The van der Waals surface area contributed by atoms with E-state index in [1.54, 1.807) is 0 Å². The monoisotopic (exact) mass is 228 g/mol. The van der Waals surface area contributed by atoms with Gasteiger partial charge in [0.1, 0.15) is 0 Å². The molecule has 1 aliphatic heterocycles. The van der Waals surface area contributed by atoms with E-state index in [1.165, 1.54) is 50.5 Å². The minimum Gasteiger partial charge on any atom is -0.309 e. The van der Waals surface area contributed by atoms with Crippen molar-refractivity contribution >= 4 is 11.8 Å². The average molecular weight is 228 g/mol. The van der Waals surface area contributed by atoms with E-state index in [9.17, 15) is 0 Å². The van der Waals surface area contributed by atoms with Crippen molar-refractivity contribution in [1.29, 1.82) is 0 Å². The molecule has 1 aliphatic carbocycles. The number of rotatable bonds is 5. The third-order valence-corrected chi connectivity index (χ3v) is 4.62.